The molecule has 0 spiro atoms. The minimum atomic E-state index is -1.44. The van der Waals surface area contributed by atoms with Gasteiger partial charge >= 0.3 is 23.9 Å². The minimum Gasteiger partial charge on any atom is -0.472 e. The maximum absolute atomic E-state index is 11.6. The topological polar surface area (TPSA) is 118 Å². The van der Waals surface area contributed by atoms with Crippen LogP contribution in [0.5, 0.6) is 0 Å². The van der Waals surface area contributed by atoms with E-state index in [4.69, 9.17) is 10.2 Å². The quantitative estimate of drug-likeness (QED) is 0.0695. The summed E-state index contributed by atoms with van der Waals surface area (Å²) in [6.07, 6.45) is 22.7. The van der Waals surface area contributed by atoms with Crippen LogP contribution in [0, 0.1) is 11.8 Å². The largest absolute Gasteiger partial charge is 0.472 e. The zero-order valence-corrected chi connectivity index (χ0v) is 27.9. The van der Waals surface area contributed by atoms with Crippen LogP contribution in [0.4, 0.5) is 0 Å². The van der Waals surface area contributed by atoms with Crippen molar-refractivity contribution in [1.82, 2.24) is 0 Å². The molecule has 0 radical (unpaired) electrons. The number of allylic oxidation sites excluding steroid dienone is 12. The molecule has 0 aromatic rings. The highest BCUT2D eigenvalue weighted by molar-refractivity contribution is 6.13. The summed E-state index contributed by atoms with van der Waals surface area (Å²) in [5.74, 6) is -0.950. The van der Waals surface area contributed by atoms with Gasteiger partial charge in [-0.3, -0.25) is 0 Å². The summed E-state index contributed by atoms with van der Waals surface area (Å²) in [4.78, 5) is 41.9. The fraction of sp³-hybridized carbons (Fsp3) is 0.421. The van der Waals surface area contributed by atoms with Crippen molar-refractivity contribution < 1.29 is 34.1 Å². The first-order valence-electron chi connectivity index (χ1n) is 15.2. The van der Waals surface area contributed by atoms with E-state index in [2.05, 4.69) is 89.8 Å². The molecule has 2 aliphatic rings. The molecule has 1 heterocycles. The van der Waals surface area contributed by atoms with Crippen molar-refractivity contribution in [2.24, 2.45) is 0 Å². The highest BCUT2D eigenvalue weighted by Crippen LogP contribution is 2.33. The van der Waals surface area contributed by atoms with Gasteiger partial charge in [-0.2, -0.15) is 0 Å². The summed E-state index contributed by atoms with van der Waals surface area (Å²) in [6.45, 7) is 20.5. The van der Waals surface area contributed by atoms with Crippen LogP contribution in [0.15, 0.2) is 94.2 Å². The van der Waals surface area contributed by atoms with Crippen LogP contribution in [-0.2, 0) is 23.9 Å². The van der Waals surface area contributed by atoms with E-state index in [9.17, 15) is 19.2 Å². The fourth-order valence-electron chi connectivity index (χ4n) is 4.17. The van der Waals surface area contributed by atoms with E-state index in [0.29, 0.717) is 24.0 Å². The van der Waals surface area contributed by atoms with Crippen molar-refractivity contribution in [3.05, 3.63) is 94.2 Å². The smallest absolute Gasteiger partial charge is 0.382 e. The van der Waals surface area contributed by atoms with Gasteiger partial charge in [0.15, 0.2) is 0 Å². The molecule has 1 aliphatic heterocycles. The van der Waals surface area contributed by atoms with E-state index >= 15 is 0 Å². The van der Waals surface area contributed by atoms with Crippen LogP contribution in [0.1, 0.15) is 106 Å². The molecular formula is C38H50O7. The molecule has 0 aromatic carbocycles. The number of carboxylic acid groups (broad SMARTS) is 2. The Bertz CT molecular complexity index is 1320. The Kier molecular flexibility index (Phi) is 20.7. The van der Waals surface area contributed by atoms with E-state index in [-0.39, 0.29) is 0 Å². The molecule has 244 valence electrons. The van der Waals surface area contributed by atoms with E-state index in [1.807, 2.05) is 6.08 Å². The predicted molar refractivity (Wildman–Crippen MR) is 181 cm³/mol. The molecule has 45 heavy (non-hydrogen) atoms. The van der Waals surface area contributed by atoms with Crippen molar-refractivity contribution in [3.8, 4) is 11.8 Å². The minimum absolute atomic E-state index is 0.445. The van der Waals surface area contributed by atoms with Crippen LogP contribution >= 0.6 is 0 Å². The van der Waals surface area contributed by atoms with Gasteiger partial charge in [0.2, 0.25) is 0 Å². The zero-order chi connectivity index (χ0) is 34.4. The van der Waals surface area contributed by atoms with Gasteiger partial charge < -0.3 is 14.9 Å². The third-order valence-corrected chi connectivity index (χ3v) is 6.71. The highest BCUT2D eigenvalue weighted by atomic mass is 16.6. The Balaban J connectivity index is 0.000000729. The van der Waals surface area contributed by atoms with Gasteiger partial charge in [-0.1, -0.05) is 83.1 Å². The molecule has 0 aromatic heterocycles. The SMILES string of the molecule is C=CC(=C)CC/C=C(\C)CCC=C(C)C.CC(C)=CCC/C(C)=C/CCC1=CCC2=C(C1)C(=O)OC2=O.O=C(O)C#CC(=O)O. The van der Waals surface area contributed by atoms with Gasteiger partial charge in [-0.25, -0.2) is 19.2 Å². The lowest BCUT2D eigenvalue weighted by Gasteiger charge is -2.11. The average molecular weight is 619 g/mol. The lowest BCUT2D eigenvalue weighted by molar-refractivity contribution is -0.151. The number of cyclic esters (lactones) is 2. The van der Waals surface area contributed by atoms with Crippen molar-refractivity contribution >= 4 is 23.9 Å². The molecule has 0 bridgehead atoms. The molecule has 2 rings (SSSR count). The van der Waals surface area contributed by atoms with Crippen LogP contribution in [0.25, 0.3) is 0 Å². The van der Waals surface area contributed by atoms with Gasteiger partial charge in [-0.05, 0) is 99.3 Å². The molecular weight excluding hydrogens is 568 g/mol. The standard InChI is InChI=1S/C19H24O3.C15H24.C4H2O4/c1-13(2)6-4-7-14(3)8-5-9-15-10-11-16-17(12-15)19(21)22-18(16)20;1-6-14(4)10-8-12-15(5)11-7-9-13(2)3;5-3(6)1-2-4(7)8/h6,8,10H,4-5,7,9,11-12H2,1-3H3;6,9,12H,1,4,7-8,10-11H2,2-3,5H3;(H,5,6)(H,7,8)/b14-8+;15-12+;. The third-order valence-electron chi connectivity index (χ3n) is 6.71. The molecule has 0 unspecified atom stereocenters. The van der Waals surface area contributed by atoms with Crippen LogP contribution in [-0.4, -0.2) is 34.1 Å². The Morgan fingerprint density at radius 1 is 0.778 bits per heavy atom. The first-order chi connectivity index (χ1) is 21.2. The number of hydrogen-bond acceptors (Lipinski definition) is 5. The van der Waals surface area contributed by atoms with Crippen molar-refractivity contribution in [2.45, 2.75) is 106 Å². The Labute approximate surface area is 269 Å². The van der Waals surface area contributed by atoms with Gasteiger partial charge in [0.25, 0.3) is 0 Å². The molecule has 7 nitrogen and oxygen atoms in total. The fourth-order valence-corrected chi connectivity index (χ4v) is 4.17. The Morgan fingerprint density at radius 2 is 1.24 bits per heavy atom. The number of carboxylic acids is 2. The highest BCUT2D eigenvalue weighted by Gasteiger charge is 2.34. The first kappa shape index (κ1) is 40.6. The summed E-state index contributed by atoms with van der Waals surface area (Å²) >= 11 is 0. The van der Waals surface area contributed by atoms with Gasteiger partial charge in [0, 0.05) is 18.3 Å². The molecule has 7 heteroatoms. The second kappa shape index (κ2) is 23.0. The number of rotatable bonds is 13. The Hall–Kier alpha value is -4.44. The molecule has 0 amide bonds. The van der Waals surface area contributed by atoms with E-state index < -0.39 is 23.9 Å². The van der Waals surface area contributed by atoms with Crippen LogP contribution < -0.4 is 0 Å². The number of carbonyl (C=O) groups excluding carboxylic acids is 2. The van der Waals surface area contributed by atoms with Crippen molar-refractivity contribution in [3.63, 3.8) is 0 Å². The van der Waals surface area contributed by atoms with Crippen molar-refractivity contribution in [2.75, 3.05) is 0 Å². The number of aliphatic carboxylic acids is 2. The average Bonchev–Trinajstić information content (AvgIpc) is 3.24. The summed E-state index contributed by atoms with van der Waals surface area (Å²) in [7, 11) is 0. The number of esters is 2. The molecule has 0 atom stereocenters. The van der Waals surface area contributed by atoms with Crippen molar-refractivity contribution in [1.29, 1.82) is 0 Å². The van der Waals surface area contributed by atoms with E-state index in [1.54, 1.807) is 0 Å². The van der Waals surface area contributed by atoms with Gasteiger partial charge in [-0.15, -0.1) is 0 Å². The van der Waals surface area contributed by atoms with Gasteiger partial charge in [0.1, 0.15) is 0 Å². The molecule has 2 N–H and O–H groups in total. The lowest BCUT2D eigenvalue weighted by atomic mass is 9.90. The molecule has 0 saturated carbocycles. The number of ether oxygens (including phenoxy) is 1. The van der Waals surface area contributed by atoms with E-state index in [0.717, 1.165) is 50.5 Å². The molecule has 1 aliphatic carbocycles. The number of hydrogen-bond donors (Lipinski definition) is 2. The predicted octanol–water partition coefficient (Wildman–Crippen LogP) is 8.92. The molecule has 0 fully saturated rings. The zero-order valence-electron chi connectivity index (χ0n) is 27.9. The maximum Gasteiger partial charge on any atom is 0.382 e. The second-order valence-corrected chi connectivity index (χ2v) is 11.4. The second-order valence-electron chi connectivity index (χ2n) is 11.4. The van der Waals surface area contributed by atoms with Gasteiger partial charge in [0.05, 0.1) is 11.1 Å². The normalized spacial score (nSPS) is 13.7. The molecule has 0 saturated heterocycles. The summed E-state index contributed by atoms with van der Waals surface area (Å²) in [5.41, 5.74) is 9.15. The first-order valence-corrected chi connectivity index (χ1v) is 15.2. The van der Waals surface area contributed by atoms with E-state index in [1.165, 1.54) is 46.1 Å². The number of carbonyl (C=O) groups is 4. The lowest BCUT2D eigenvalue weighted by Crippen LogP contribution is -2.03. The maximum atomic E-state index is 11.6. The van der Waals surface area contributed by atoms with Crippen LogP contribution in [0.3, 0.4) is 0 Å². The summed E-state index contributed by atoms with van der Waals surface area (Å²) < 4.78 is 4.66. The monoisotopic (exact) mass is 618 g/mol. The third kappa shape index (κ3) is 21.0. The Morgan fingerprint density at radius 3 is 1.71 bits per heavy atom. The summed E-state index contributed by atoms with van der Waals surface area (Å²) in [6, 6.07) is 0. The summed E-state index contributed by atoms with van der Waals surface area (Å²) in [5, 5.41) is 15.5. The van der Waals surface area contributed by atoms with Crippen LogP contribution in [0.2, 0.25) is 0 Å².